The van der Waals surface area contributed by atoms with Crippen LogP contribution in [0.15, 0.2) is 24.3 Å². The summed E-state index contributed by atoms with van der Waals surface area (Å²) in [5, 5.41) is 3.52. The van der Waals surface area contributed by atoms with Gasteiger partial charge in [-0.3, -0.25) is 9.59 Å². The van der Waals surface area contributed by atoms with Crippen molar-refractivity contribution in [2.24, 2.45) is 11.8 Å². The van der Waals surface area contributed by atoms with E-state index < -0.39 is 0 Å². The van der Waals surface area contributed by atoms with Crippen molar-refractivity contribution >= 4 is 29.1 Å². The standard InChI is InChI=1S/C15H19ClN2O2/c1-10(2)8-17-15(20)11-7-14(19)18(9-11)13-5-3-12(16)4-6-13/h3-6,10-11H,7-9H2,1-2H3,(H,17,20). The van der Waals surface area contributed by atoms with E-state index in [9.17, 15) is 9.59 Å². The van der Waals surface area contributed by atoms with Gasteiger partial charge in [-0.2, -0.15) is 0 Å². The van der Waals surface area contributed by atoms with Crippen molar-refractivity contribution in [1.82, 2.24) is 5.32 Å². The zero-order valence-electron chi connectivity index (χ0n) is 11.7. The van der Waals surface area contributed by atoms with Crippen LogP contribution in [0.4, 0.5) is 5.69 Å². The van der Waals surface area contributed by atoms with Crippen LogP contribution in [0.1, 0.15) is 20.3 Å². The topological polar surface area (TPSA) is 49.4 Å². The fourth-order valence-corrected chi connectivity index (χ4v) is 2.33. The van der Waals surface area contributed by atoms with Crippen LogP contribution in [0.2, 0.25) is 5.02 Å². The molecule has 0 aliphatic carbocycles. The summed E-state index contributed by atoms with van der Waals surface area (Å²) in [5.74, 6) is 0.0842. The number of halogens is 1. The molecule has 20 heavy (non-hydrogen) atoms. The molecule has 0 saturated carbocycles. The number of nitrogens with zero attached hydrogens (tertiary/aromatic N) is 1. The van der Waals surface area contributed by atoms with Crippen molar-refractivity contribution in [2.75, 3.05) is 18.0 Å². The minimum atomic E-state index is -0.267. The molecule has 0 aromatic heterocycles. The van der Waals surface area contributed by atoms with Crippen molar-refractivity contribution in [2.45, 2.75) is 20.3 Å². The van der Waals surface area contributed by atoms with E-state index in [0.29, 0.717) is 24.0 Å². The van der Waals surface area contributed by atoms with Gasteiger partial charge in [-0.1, -0.05) is 25.4 Å². The molecule has 4 nitrogen and oxygen atoms in total. The first-order valence-corrected chi connectivity index (χ1v) is 7.19. The highest BCUT2D eigenvalue weighted by atomic mass is 35.5. The summed E-state index contributed by atoms with van der Waals surface area (Å²) < 4.78 is 0. The molecular weight excluding hydrogens is 276 g/mol. The van der Waals surface area contributed by atoms with Gasteiger partial charge in [0.2, 0.25) is 11.8 Å². The van der Waals surface area contributed by atoms with Crippen LogP contribution >= 0.6 is 11.6 Å². The Morgan fingerprint density at radius 1 is 1.40 bits per heavy atom. The Labute approximate surface area is 124 Å². The Morgan fingerprint density at radius 2 is 2.05 bits per heavy atom. The lowest BCUT2D eigenvalue weighted by molar-refractivity contribution is -0.126. The van der Waals surface area contributed by atoms with Crippen molar-refractivity contribution in [3.05, 3.63) is 29.3 Å². The second-order valence-electron chi connectivity index (χ2n) is 5.52. The summed E-state index contributed by atoms with van der Waals surface area (Å²) in [5.41, 5.74) is 0.790. The Bertz CT molecular complexity index is 499. The van der Waals surface area contributed by atoms with Crippen LogP contribution in [-0.4, -0.2) is 24.9 Å². The van der Waals surface area contributed by atoms with Gasteiger partial charge in [-0.25, -0.2) is 0 Å². The molecule has 2 amide bonds. The van der Waals surface area contributed by atoms with Gasteiger partial charge < -0.3 is 10.2 Å². The van der Waals surface area contributed by atoms with Crippen LogP contribution in [0.3, 0.4) is 0 Å². The zero-order chi connectivity index (χ0) is 14.7. The average Bonchev–Trinajstić information content (AvgIpc) is 2.79. The predicted molar refractivity (Wildman–Crippen MR) is 79.8 cm³/mol. The predicted octanol–water partition coefficient (Wildman–Crippen LogP) is 2.47. The molecule has 1 N–H and O–H groups in total. The van der Waals surface area contributed by atoms with E-state index in [1.54, 1.807) is 29.2 Å². The molecule has 1 unspecified atom stereocenters. The molecule has 0 bridgehead atoms. The number of anilines is 1. The molecule has 0 radical (unpaired) electrons. The van der Waals surface area contributed by atoms with Gasteiger partial charge in [0.25, 0.3) is 0 Å². The lowest BCUT2D eigenvalue weighted by Crippen LogP contribution is -2.34. The summed E-state index contributed by atoms with van der Waals surface area (Å²) in [4.78, 5) is 25.7. The smallest absolute Gasteiger partial charge is 0.227 e. The zero-order valence-corrected chi connectivity index (χ0v) is 12.5. The van der Waals surface area contributed by atoms with Crippen molar-refractivity contribution in [1.29, 1.82) is 0 Å². The molecule has 5 heteroatoms. The fourth-order valence-electron chi connectivity index (χ4n) is 2.20. The van der Waals surface area contributed by atoms with Gasteiger partial charge in [-0.05, 0) is 30.2 Å². The first-order chi connectivity index (χ1) is 9.47. The highest BCUT2D eigenvalue weighted by Crippen LogP contribution is 2.26. The fraction of sp³-hybridized carbons (Fsp3) is 0.467. The van der Waals surface area contributed by atoms with E-state index in [1.165, 1.54) is 0 Å². The van der Waals surface area contributed by atoms with Gasteiger partial charge in [0.15, 0.2) is 0 Å². The summed E-state index contributed by atoms with van der Waals surface area (Å²) in [6, 6.07) is 7.09. The lowest BCUT2D eigenvalue weighted by Gasteiger charge is -2.17. The van der Waals surface area contributed by atoms with E-state index >= 15 is 0 Å². The maximum atomic E-state index is 12.0. The number of hydrogen-bond donors (Lipinski definition) is 1. The van der Waals surface area contributed by atoms with Crippen LogP contribution in [0.5, 0.6) is 0 Å². The third kappa shape index (κ3) is 3.51. The van der Waals surface area contributed by atoms with Crippen LogP contribution in [0, 0.1) is 11.8 Å². The molecule has 1 saturated heterocycles. The normalized spacial score (nSPS) is 18.7. The number of carbonyl (C=O) groups is 2. The molecule has 1 heterocycles. The van der Waals surface area contributed by atoms with Gasteiger partial charge in [0, 0.05) is 30.2 Å². The second kappa shape index (κ2) is 6.27. The summed E-state index contributed by atoms with van der Waals surface area (Å²) in [6.07, 6.45) is 0.270. The third-order valence-electron chi connectivity index (χ3n) is 3.32. The van der Waals surface area contributed by atoms with E-state index in [2.05, 4.69) is 5.32 Å². The highest BCUT2D eigenvalue weighted by Gasteiger charge is 2.34. The summed E-state index contributed by atoms with van der Waals surface area (Å²) >= 11 is 5.84. The van der Waals surface area contributed by atoms with E-state index in [0.717, 1.165) is 5.69 Å². The summed E-state index contributed by atoms with van der Waals surface area (Å²) in [7, 11) is 0. The minimum Gasteiger partial charge on any atom is -0.356 e. The third-order valence-corrected chi connectivity index (χ3v) is 3.57. The van der Waals surface area contributed by atoms with Crippen molar-refractivity contribution < 1.29 is 9.59 Å². The number of rotatable bonds is 4. The SMILES string of the molecule is CC(C)CNC(=O)C1CC(=O)N(c2ccc(Cl)cc2)C1. The molecule has 0 spiro atoms. The molecule has 1 fully saturated rings. The van der Waals surface area contributed by atoms with E-state index in [1.807, 2.05) is 13.8 Å². The minimum absolute atomic E-state index is 0.0166. The molecule has 2 rings (SSSR count). The molecule has 1 aromatic rings. The number of benzene rings is 1. The highest BCUT2D eigenvalue weighted by molar-refractivity contribution is 6.30. The monoisotopic (exact) mass is 294 g/mol. The van der Waals surface area contributed by atoms with E-state index in [-0.39, 0.29) is 24.2 Å². The van der Waals surface area contributed by atoms with Gasteiger partial charge >= 0.3 is 0 Å². The van der Waals surface area contributed by atoms with Gasteiger partial charge in [0.05, 0.1) is 5.92 Å². The van der Waals surface area contributed by atoms with Crippen LogP contribution < -0.4 is 10.2 Å². The van der Waals surface area contributed by atoms with Gasteiger partial charge in [-0.15, -0.1) is 0 Å². The molecular formula is C15H19ClN2O2. The first kappa shape index (κ1) is 14.9. The second-order valence-corrected chi connectivity index (χ2v) is 5.96. The maximum absolute atomic E-state index is 12.0. The molecule has 1 atom stereocenters. The largest absolute Gasteiger partial charge is 0.356 e. The Kier molecular flexibility index (Phi) is 4.65. The average molecular weight is 295 g/mol. The van der Waals surface area contributed by atoms with Crippen molar-refractivity contribution in [3.63, 3.8) is 0 Å². The molecule has 1 aromatic carbocycles. The Morgan fingerprint density at radius 3 is 2.65 bits per heavy atom. The van der Waals surface area contributed by atoms with Crippen LogP contribution in [0.25, 0.3) is 0 Å². The quantitative estimate of drug-likeness (QED) is 0.927. The maximum Gasteiger partial charge on any atom is 0.227 e. The lowest BCUT2D eigenvalue weighted by atomic mass is 10.1. The van der Waals surface area contributed by atoms with Crippen LogP contribution in [-0.2, 0) is 9.59 Å². The first-order valence-electron chi connectivity index (χ1n) is 6.81. The number of hydrogen-bond acceptors (Lipinski definition) is 2. The van der Waals surface area contributed by atoms with E-state index in [4.69, 9.17) is 11.6 Å². The Hall–Kier alpha value is -1.55. The summed E-state index contributed by atoms with van der Waals surface area (Å²) in [6.45, 7) is 5.16. The number of carbonyl (C=O) groups excluding carboxylic acids is 2. The van der Waals surface area contributed by atoms with Gasteiger partial charge in [0.1, 0.15) is 0 Å². The molecule has 1 aliphatic heterocycles. The number of amides is 2. The molecule has 1 aliphatic rings. The Balaban J connectivity index is 2.00. The van der Waals surface area contributed by atoms with Crippen molar-refractivity contribution in [3.8, 4) is 0 Å². The number of nitrogens with one attached hydrogen (secondary N) is 1. The molecule has 108 valence electrons.